The lowest BCUT2D eigenvalue weighted by atomic mass is 10.1. The Morgan fingerprint density at radius 1 is 1.00 bits per heavy atom. The van der Waals surface area contributed by atoms with E-state index in [0.29, 0.717) is 0 Å². The third-order valence-electron chi connectivity index (χ3n) is 3.13. The molecule has 0 atom stereocenters. The molecular weight excluding hydrogens is 302 g/mol. The average Bonchev–Trinajstić information content (AvgIpc) is 2.47. The summed E-state index contributed by atoms with van der Waals surface area (Å²) in [5.74, 6) is 0.893. The second-order valence-electron chi connectivity index (χ2n) is 4.29. The minimum absolute atomic E-state index is 0.893. The van der Waals surface area contributed by atoms with Gasteiger partial charge in [-0.2, -0.15) is 4.57 Å². The predicted molar refractivity (Wildman–Crippen MR) is 79.7 cm³/mol. The molecule has 0 radical (unpaired) electrons. The van der Waals surface area contributed by atoms with E-state index in [0.717, 1.165) is 21.3 Å². The molecule has 0 N–H and O–H groups in total. The van der Waals surface area contributed by atoms with E-state index in [1.807, 2.05) is 24.3 Å². The lowest BCUT2D eigenvalue weighted by molar-refractivity contribution is -0.594. The van der Waals surface area contributed by atoms with Crippen LogP contribution in [0.25, 0.3) is 16.5 Å². The van der Waals surface area contributed by atoms with Crippen LogP contribution in [0.3, 0.4) is 0 Å². The van der Waals surface area contributed by atoms with Gasteiger partial charge in [0.15, 0.2) is 12.4 Å². The maximum Gasteiger partial charge on any atom is 0.210 e. The predicted octanol–water partition coefficient (Wildman–Crippen LogP) is 3.89. The molecule has 3 heteroatoms. The van der Waals surface area contributed by atoms with Gasteiger partial charge in [0.05, 0.1) is 12.5 Å². The summed E-state index contributed by atoms with van der Waals surface area (Å²) in [6.07, 6.45) is 4.16. The molecule has 0 aliphatic carbocycles. The van der Waals surface area contributed by atoms with Crippen LogP contribution < -0.4 is 9.30 Å². The Bertz CT molecular complexity index is 722. The first-order valence-electron chi connectivity index (χ1n) is 6.02. The highest BCUT2D eigenvalue weighted by Gasteiger charge is 2.09. The van der Waals surface area contributed by atoms with Gasteiger partial charge in [0, 0.05) is 22.7 Å². The molecule has 0 saturated carbocycles. The average molecular weight is 315 g/mol. The molecule has 3 rings (SSSR count). The number of methoxy groups -OCH3 is 1. The van der Waals surface area contributed by atoms with Crippen molar-refractivity contribution in [1.29, 1.82) is 0 Å². The molecule has 0 aliphatic rings. The Balaban J connectivity index is 2.18. The van der Waals surface area contributed by atoms with Crippen LogP contribution in [0.15, 0.2) is 65.4 Å². The topological polar surface area (TPSA) is 13.1 Å². The maximum atomic E-state index is 5.42. The molecule has 0 saturated heterocycles. The maximum absolute atomic E-state index is 5.42. The summed E-state index contributed by atoms with van der Waals surface area (Å²) in [6.45, 7) is 0. The Morgan fingerprint density at radius 2 is 1.79 bits per heavy atom. The van der Waals surface area contributed by atoms with Gasteiger partial charge in [-0.25, -0.2) is 0 Å². The Labute approximate surface area is 120 Å². The van der Waals surface area contributed by atoms with E-state index in [2.05, 4.69) is 57.2 Å². The summed E-state index contributed by atoms with van der Waals surface area (Å²) in [4.78, 5) is 0. The van der Waals surface area contributed by atoms with Gasteiger partial charge in [0.1, 0.15) is 5.75 Å². The summed E-state index contributed by atoms with van der Waals surface area (Å²) < 4.78 is 8.59. The highest BCUT2D eigenvalue weighted by atomic mass is 79.9. The van der Waals surface area contributed by atoms with E-state index in [-0.39, 0.29) is 0 Å². The van der Waals surface area contributed by atoms with Crippen molar-refractivity contribution in [3.05, 3.63) is 65.4 Å². The standard InChI is InChI=1S/C16H13BrNO/c1-19-16-4-2-3-12-9-10-18(11-15(12)16)14-7-5-13(17)6-8-14/h2-11H,1H3/q+1. The van der Waals surface area contributed by atoms with Crippen LogP contribution in [0.5, 0.6) is 5.75 Å². The fourth-order valence-corrected chi connectivity index (χ4v) is 2.40. The van der Waals surface area contributed by atoms with E-state index < -0.39 is 0 Å². The first-order valence-corrected chi connectivity index (χ1v) is 6.81. The molecule has 0 amide bonds. The highest BCUT2D eigenvalue weighted by Crippen LogP contribution is 2.23. The fourth-order valence-electron chi connectivity index (χ4n) is 2.14. The van der Waals surface area contributed by atoms with Crippen LogP contribution in [-0.4, -0.2) is 7.11 Å². The zero-order valence-electron chi connectivity index (χ0n) is 10.5. The number of nitrogens with zero attached hydrogens (tertiary/aromatic N) is 1. The SMILES string of the molecule is COc1cccc2cc[n+](-c3ccc(Br)cc3)cc12. The first kappa shape index (κ1) is 12.2. The molecule has 2 aromatic carbocycles. The Hall–Kier alpha value is -1.87. The zero-order chi connectivity index (χ0) is 13.2. The molecule has 1 heterocycles. The van der Waals surface area contributed by atoms with Crippen LogP contribution in [-0.2, 0) is 0 Å². The van der Waals surface area contributed by atoms with E-state index in [1.54, 1.807) is 7.11 Å². The van der Waals surface area contributed by atoms with Crippen LogP contribution >= 0.6 is 15.9 Å². The molecule has 0 unspecified atom stereocenters. The summed E-state index contributed by atoms with van der Waals surface area (Å²) in [5, 5.41) is 2.28. The van der Waals surface area contributed by atoms with E-state index in [9.17, 15) is 0 Å². The Kier molecular flexibility index (Phi) is 3.22. The molecule has 0 bridgehead atoms. The summed E-state index contributed by atoms with van der Waals surface area (Å²) in [5.41, 5.74) is 1.12. The lowest BCUT2D eigenvalue weighted by Crippen LogP contribution is -2.29. The number of pyridine rings is 1. The van der Waals surface area contributed by atoms with Crippen LogP contribution in [0.4, 0.5) is 0 Å². The van der Waals surface area contributed by atoms with Crippen molar-refractivity contribution in [2.24, 2.45) is 0 Å². The van der Waals surface area contributed by atoms with Crippen molar-refractivity contribution >= 4 is 26.7 Å². The smallest absolute Gasteiger partial charge is 0.210 e. The molecule has 0 aliphatic heterocycles. The van der Waals surface area contributed by atoms with Crippen molar-refractivity contribution in [1.82, 2.24) is 0 Å². The van der Waals surface area contributed by atoms with Gasteiger partial charge in [-0.1, -0.05) is 28.1 Å². The second kappa shape index (κ2) is 5.02. The van der Waals surface area contributed by atoms with Crippen LogP contribution in [0.1, 0.15) is 0 Å². The summed E-state index contributed by atoms with van der Waals surface area (Å²) in [6, 6.07) is 16.4. The van der Waals surface area contributed by atoms with Crippen molar-refractivity contribution in [2.45, 2.75) is 0 Å². The molecule has 2 nitrogen and oxygen atoms in total. The number of hydrogen-bond donors (Lipinski definition) is 0. The number of benzene rings is 2. The quantitative estimate of drug-likeness (QED) is 0.654. The van der Waals surface area contributed by atoms with E-state index >= 15 is 0 Å². The Morgan fingerprint density at radius 3 is 2.53 bits per heavy atom. The molecule has 3 aromatic rings. The third-order valence-corrected chi connectivity index (χ3v) is 3.66. The normalized spacial score (nSPS) is 10.6. The number of hydrogen-bond acceptors (Lipinski definition) is 1. The van der Waals surface area contributed by atoms with Crippen molar-refractivity contribution in [3.63, 3.8) is 0 Å². The highest BCUT2D eigenvalue weighted by molar-refractivity contribution is 9.10. The number of ether oxygens (including phenoxy) is 1. The lowest BCUT2D eigenvalue weighted by Gasteiger charge is -2.04. The van der Waals surface area contributed by atoms with Gasteiger partial charge in [-0.3, -0.25) is 0 Å². The van der Waals surface area contributed by atoms with Crippen molar-refractivity contribution in [2.75, 3.05) is 7.11 Å². The van der Waals surface area contributed by atoms with Gasteiger partial charge < -0.3 is 4.74 Å². The molecule has 19 heavy (non-hydrogen) atoms. The van der Waals surface area contributed by atoms with E-state index in [1.165, 1.54) is 5.39 Å². The summed E-state index contributed by atoms with van der Waals surface area (Å²) in [7, 11) is 1.70. The minimum Gasteiger partial charge on any atom is -0.496 e. The molecule has 94 valence electrons. The molecule has 0 fully saturated rings. The van der Waals surface area contributed by atoms with Gasteiger partial charge >= 0.3 is 0 Å². The largest absolute Gasteiger partial charge is 0.496 e. The van der Waals surface area contributed by atoms with E-state index in [4.69, 9.17) is 4.74 Å². The van der Waals surface area contributed by atoms with Gasteiger partial charge in [0.2, 0.25) is 5.69 Å². The third kappa shape index (κ3) is 2.34. The van der Waals surface area contributed by atoms with Crippen molar-refractivity contribution in [3.8, 4) is 11.4 Å². The van der Waals surface area contributed by atoms with Gasteiger partial charge in [-0.05, 0) is 23.6 Å². The molecule has 0 spiro atoms. The first-order chi connectivity index (χ1) is 9.28. The fraction of sp³-hybridized carbons (Fsp3) is 0.0625. The number of halogens is 1. The van der Waals surface area contributed by atoms with Gasteiger partial charge in [0.25, 0.3) is 0 Å². The zero-order valence-corrected chi connectivity index (χ0v) is 12.1. The van der Waals surface area contributed by atoms with Crippen LogP contribution in [0, 0.1) is 0 Å². The minimum atomic E-state index is 0.893. The summed E-state index contributed by atoms with van der Waals surface area (Å²) >= 11 is 3.45. The monoisotopic (exact) mass is 314 g/mol. The number of fused-ring (bicyclic) bond motifs is 1. The molecular formula is C16H13BrNO+. The number of aromatic nitrogens is 1. The molecule has 1 aromatic heterocycles. The van der Waals surface area contributed by atoms with Crippen molar-refractivity contribution < 1.29 is 9.30 Å². The second-order valence-corrected chi connectivity index (χ2v) is 5.21. The van der Waals surface area contributed by atoms with Gasteiger partial charge in [-0.15, -0.1) is 0 Å². The number of rotatable bonds is 2. The van der Waals surface area contributed by atoms with Crippen LogP contribution in [0.2, 0.25) is 0 Å².